The van der Waals surface area contributed by atoms with Crippen molar-refractivity contribution in [1.29, 1.82) is 0 Å². The van der Waals surface area contributed by atoms with Gasteiger partial charge in [0, 0.05) is 17.5 Å². The number of hydrogen-bond donors (Lipinski definition) is 2. The molecular weight excluding hydrogens is 346 g/mol. The van der Waals surface area contributed by atoms with E-state index >= 15 is 0 Å². The molecule has 0 aliphatic rings. The van der Waals surface area contributed by atoms with Gasteiger partial charge in [-0.05, 0) is 43.6 Å². The molecule has 25 heavy (non-hydrogen) atoms. The molecule has 2 aromatic rings. The predicted octanol–water partition coefficient (Wildman–Crippen LogP) is 1.88. The number of hydrogen-bond acceptors (Lipinski definition) is 6. The topological polar surface area (TPSA) is 106 Å². The molecular formula is C17H19NO6S. The van der Waals surface area contributed by atoms with Crippen LogP contribution in [0.15, 0.2) is 39.5 Å². The SMILES string of the molecule is CSCCC(NC(=O)C(C)Oc1ccc2ccc(=O)oc2c1)C(=O)O. The molecule has 0 saturated heterocycles. The second kappa shape index (κ2) is 8.57. The number of amides is 1. The van der Waals surface area contributed by atoms with Crippen LogP contribution < -0.4 is 15.7 Å². The molecule has 1 aromatic carbocycles. The van der Waals surface area contributed by atoms with Gasteiger partial charge in [0.1, 0.15) is 17.4 Å². The van der Waals surface area contributed by atoms with Gasteiger partial charge in [-0.2, -0.15) is 11.8 Å². The van der Waals surface area contributed by atoms with Crippen molar-refractivity contribution in [3.63, 3.8) is 0 Å². The quantitative estimate of drug-likeness (QED) is 0.688. The summed E-state index contributed by atoms with van der Waals surface area (Å²) in [5.41, 5.74) is -0.130. The highest BCUT2D eigenvalue weighted by atomic mass is 32.2. The molecule has 1 heterocycles. The number of benzene rings is 1. The zero-order valence-electron chi connectivity index (χ0n) is 13.9. The fourth-order valence-corrected chi connectivity index (χ4v) is 2.63. The molecule has 0 bridgehead atoms. The number of carbonyl (C=O) groups excluding carboxylic acids is 1. The van der Waals surface area contributed by atoms with E-state index in [9.17, 15) is 14.4 Å². The number of fused-ring (bicyclic) bond motifs is 1. The monoisotopic (exact) mass is 365 g/mol. The number of carbonyl (C=O) groups is 2. The second-order valence-electron chi connectivity index (χ2n) is 5.40. The molecule has 2 rings (SSSR count). The predicted molar refractivity (Wildman–Crippen MR) is 95.1 cm³/mol. The molecule has 1 amide bonds. The van der Waals surface area contributed by atoms with E-state index in [0.717, 1.165) is 5.39 Å². The molecule has 2 unspecified atom stereocenters. The van der Waals surface area contributed by atoms with Gasteiger partial charge < -0.3 is 19.6 Å². The van der Waals surface area contributed by atoms with Gasteiger partial charge in [0.2, 0.25) is 0 Å². The van der Waals surface area contributed by atoms with Crippen LogP contribution in [-0.2, 0) is 9.59 Å². The molecule has 0 fully saturated rings. The molecule has 0 saturated carbocycles. The fourth-order valence-electron chi connectivity index (χ4n) is 2.15. The van der Waals surface area contributed by atoms with Crippen LogP contribution in [-0.4, -0.2) is 41.1 Å². The van der Waals surface area contributed by atoms with E-state index in [2.05, 4.69) is 5.32 Å². The van der Waals surface area contributed by atoms with Crippen molar-refractivity contribution in [3.05, 3.63) is 40.8 Å². The Morgan fingerprint density at radius 3 is 2.72 bits per heavy atom. The van der Waals surface area contributed by atoms with E-state index in [1.807, 2.05) is 6.26 Å². The lowest BCUT2D eigenvalue weighted by molar-refractivity contribution is -0.142. The molecule has 7 nitrogen and oxygen atoms in total. The Labute approximate surface area is 148 Å². The number of nitrogens with one attached hydrogen (secondary N) is 1. The molecule has 134 valence electrons. The van der Waals surface area contributed by atoms with Crippen LogP contribution in [0.4, 0.5) is 0 Å². The Bertz CT molecular complexity index is 818. The highest BCUT2D eigenvalue weighted by molar-refractivity contribution is 7.98. The van der Waals surface area contributed by atoms with Crippen molar-refractivity contribution in [1.82, 2.24) is 5.32 Å². The zero-order chi connectivity index (χ0) is 18.4. The Morgan fingerprint density at radius 2 is 2.04 bits per heavy atom. The normalized spacial score (nSPS) is 13.2. The summed E-state index contributed by atoms with van der Waals surface area (Å²) in [5, 5.41) is 12.4. The van der Waals surface area contributed by atoms with Crippen molar-refractivity contribution in [2.45, 2.75) is 25.5 Å². The average molecular weight is 365 g/mol. The minimum atomic E-state index is -1.08. The van der Waals surface area contributed by atoms with Crippen LogP contribution in [0, 0.1) is 0 Å². The first kappa shape index (κ1) is 18.9. The van der Waals surface area contributed by atoms with E-state index in [1.54, 1.807) is 18.2 Å². The summed E-state index contributed by atoms with van der Waals surface area (Å²) in [6.45, 7) is 1.52. The van der Waals surface area contributed by atoms with Crippen molar-refractivity contribution < 1.29 is 23.8 Å². The summed E-state index contributed by atoms with van der Waals surface area (Å²) < 4.78 is 10.6. The maximum absolute atomic E-state index is 12.2. The zero-order valence-corrected chi connectivity index (χ0v) is 14.7. The van der Waals surface area contributed by atoms with Crippen LogP contribution in [0.5, 0.6) is 5.75 Å². The van der Waals surface area contributed by atoms with Gasteiger partial charge in [-0.15, -0.1) is 0 Å². The molecule has 0 spiro atoms. The third-order valence-corrected chi connectivity index (χ3v) is 4.15. The molecule has 2 atom stereocenters. The Hall–Kier alpha value is -2.48. The smallest absolute Gasteiger partial charge is 0.336 e. The number of thioether (sulfide) groups is 1. The molecule has 0 radical (unpaired) electrons. The highest BCUT2D eigenvalue weighted by Gasteiger charge is 2.23. The number of ether oxygens (including phenoxy) is 1. The van der Waals surface area contributed by atoms with Crippen LogP contribution in [0.1, 0.15) is 13.3 Å². The average Bonchev–Trinajstić information content (AvgIpc) is 2.57. The Balaban J connectivity index is 2.04. The van der Waals surface area contributed by atoms with Crippen molar-refractivity contribution in [2.75, 3.05) is 12.0 Å². The lowest BCUT2D eigenvalue weighted by Crippen LogP contribution is -2.46. The molecule has 8 heteroatoms. The van der Waals surface area contributed by atoms with Crippen LogP contribution in [0.25, 0.3) is 11.0 Å². The Kier molecular flexibility index (Phi) is 6.46. The third kappa shape index (κ3) is 5.25. The van der Waals surface area contributed by atoms with Gasteiger partial charge in [0.15, 0.2) is 6.10 Å². The lowest BCUT2D eigenvalue weighted by atomic mass is 10.2. The van der Waals surface area contributed by atoms with Crippen molar-refractivity contribution in [3.8, 4) is 5.75 Å². The molecule has 0 aliphatic carbocycles. The molecule has 0 aliphatic heterocycles. The highest BCUT2D eigenvalue weighted by Crippen LogP contribution is 2.20. The first-order chi connectivity index (χ1) is 11.9. The minimum absolute atomic E-state index is 0.329. The maximum atomic E-state index is 12.2. The number of aliphatic carboxylic acids is 1. The largest absolute Gasteiger partial charge is 0.481 e. The van der Waals surface area contributed by atoms with Gasteiger partial charge >= 0.3 is 11.6 Å². The van der Waals surface area contributed by atoms with Crippen molar-refractivity contribution >= 4 is 34.6 Å². The number of carboxylic acid groups (broad SMARTS) is 1. The first-order valence-electron chi connectivity index (χ1n) is 7.63. The third-order valence-electron chi connectivity index (χ3n) is 3.50. The van der Waals surface area contributed by atoms with E-state index in [4.69, 9.17) is 14.3 Å². The standard InChI is InChI=1S/C17H19NO6S/c1-10(16(20)18-13(17(21)22)7-8-25-2)23-12-5-3-11-4-6-15(19)24-14(11)9-12/h3-6,9-10,13H,7-8H2,1-2H3,(H,18,20)(H,21,22). The summed E-state index contributed by atoms with van der Waals surface area (Å²) in [4.78, 5) is 34.6. The Morgan fingerprint density at radius 1 is 1.32 bits per heavy atom. The summed E-state index contributed by atoms with van der Waals surface area (Å²) in [7, 11) is 0. The summed E-state index contributed by atoms with van der Waals surface area (Å²) in [6, 6.07) is 6.86. The number of carboxylic acids is 1. The first-order valence-corrected chi connectivity index (χ1v) is 9.03. The maximum Gasteiger partial charge on any atom is 0.336 e. The van der Waals surface area contributed by atoms with Crippen LogP contribution in [0.2, 0.25) is 0 Å². The van der Waals surface area contributed by atoms with E-state index in [0.29, 0.717) is 23.5 Å². The summed E-state index contributed by atoms with van der Waals surface area (Å²) >= 11 is 1.51. The summed E-state index contributed by atoms with van der Waals surface area (Å²) in [6.07, 6.45) is 1.30. The van der Waals surface area contributed by atoms with Crippen LogP contribution in [0.3, 0.4) is 0 Å². The van der Waals surface area contributed by atoms with Gasteiger partial charge in [0.05, 0.1) is 0 Å². The molecule has 1 aromatic heterocycles. The fraction of sp³-hybridized carbons (Fsp3) is 0.353. The molecule has 2 N–H and O–H groups in total. The lowest BCUT2D eigenvalue weighted by Gasteiger charge is -2.18. The van der Waals surface area contributed by atoms with E-state index in [1.165, 1.54) is 30.8 Å². The van der Waals surface area contributed by atoms with Gasteiger partial charge in [0.25, 0.3) is 5.91 Å². The van der Waals surface area contributed by atoms with Gasteiger partial charge in [-0.25, -0.2) is 9.59 Å². The summed E-state index contributed by atoms with van der Waals surface area (Å²) in [5.74, 6) is -0.637. The van der Waals surface area contributed by atoms with E-state index in [-0.39, 0.29) is 0 Å². The van der Waals surface area contributed by atoms with Gasteiger partial charge in [-0.3, -0.25) is 4.79 Å². The van der Waals surface area contributed by atoms with E-state index < -0.39 is 29.6 Å². The second-order valence-corrected chi connectivity index (χ2v) is 6.38. The van der Waals surface area contributed by atoms with Gasteiger partial charge in [-0.1, -0.05) is 0 Å². The van der Waals surface area contributed by atoms with Crippen molar-refractivity contribution in [2.24, 2.45) is 0 Å². The minimum Gasteiger partial charge on any atom is -0.481 e. The number of rotatable bonds is 8. The van der Waals surface area contributed by atoms with Crippen LogP contribution >= 0.6 is 11.8 Å².